The van der Waals surface area contributed by atoms with Crippen LogP contribution in [0.4, 0.5) is 25.8 Å². The van der Waals surface area contributed by atoms with Crippen LogP contribution in [-0.4, -0.2) is 4.98 Å². The Morgan fingerprint density at radius 2 is 1.75 bits per heavy atom. The summed E-state index contributed by atoms with van der Waals surface area (Å²) in [4.78, 5) is 4.02. The Morgan fingerprint density at radius 3 is 2.55 bits per heavy atom. The number of aromatic nitrogens is 1. The van der Waals surface area contributed by atoms with Crippen LogP contribution in [0.1, 0.15) is 0 Å². The SMILES string of the molecule is Nc1ccc(Nc2ccc(F)cc2F)c2ccncc12. The molecule has 3 nitrogen and oxygen atoms in total. The second-order valence-electron chi connectivity index (χ2n) is 4.37. The number of pyridine rings is 1. The third-order valence-corrected chi connectivity index (χ3v) is 3.05. The minimum Gasteiger partial charge on any atom is -0.398 e. The molecule has 0 spiro atoms. The summed E-state index contributed by atoms with van der Waals surface area (Å²) >= 11 is 0. The molecular weight excluding hydrogens is 260 g/mol. The molecule has 3 aromatic rings. The maximum atomic E-state index is 13.7. The highest BCUT2D eigenvalue weighted by atomic mass is 19.1. The number of nitrogens with zero attached hydrogens (tertiary/aromatic N) is 1. The van der Waals surface area contributed by atoms with Gasteiger partial charge >= 0.3 is 0 Å². The highest BCUT2D eigenvalue weighted by Crippen LogP contribution is 2.30. The van der Waals surface area contributed by atoms with Crippen molar-refractivity contribution in [3.8, 4) is 0 Å². The summed E-state index contributed by atoms with van der Waals surface area (Å²) in [7, 11) is 0. The van der Waals surface area contributed by atoms with Gasteiger partial charge in [-0.25, -0.2) is 8.78 Å². The van der Waals surface area contributed by atoms with E-state index in [1.165, 1.54) is 12.1 Å². The van der Waals surface area contributed by atoms with Crippen LogP contribution in [0.5, 0.6) is 0 Å². The summed E-state index contributed by atoms with van der Waals surface area (Å²) < 4.78 is 26.6. The van der Waals surface area contributed by atoms with Crippen LogP contribution in [-0.2, 0) is 0 Å². The zero-order valence-corrected chi connectivity index (χ0v) is 10.4. The molecule has 0 unspecified atom stereocenters. The van der Waals surface area contributed by atoms with Crippen molar-refractivity contribution in [2.45, 2.75) is 0 Å². The second-order valence-corrected chi connectivity index (χ2v) is 4.37. The van der Waals surface area contributed by atoms with E-state index in [-0.39, 0.29) is 5.69 Å². The van der Waals surface area contributed by atoms with Gasteiger partial charge in [-0.2, -0.15) is 0 Å². The van der Waals surface area contributed by atoms with Crippen LogP contribution in [0.2, 0.25) is 0 Å². The number of anilines is 3. The molecule has 3 rings (SSSR count). The predicted molar refractivity (Wildman–Crippen MR) is 75.8 cm³/mol. The molecule has 0 fully saturated rings. The zero-order valence-electron chi connectivity index (χ0n) is 10.4. The van der Waals surface area contributed by atoms with Crippen LogP contribution in [0, 0.1) is 11.6 Å². The third-order valence-electron chi connectivity index (χ3n) is 3.05. The molecule has 0 amide bonds. The molecular formula is C15H11F2N3. The lowest BCUT2D eigenvalue weighted by atomic mass is 10.1. The maximum Gasteiger partial charge on any atom is 0.149 e. The van der Waals surface area contributed by atoms with Crippen LogP contribution < -0.4 is 11.1 Å². The van der Waals surface area contributed by atoms with Gasteiger partial charge in [0.05, 0.1) is 5.69 Å². The number of nitrogens with two attached hydrogens (primary N) is 1. The van der Waals surface area contributed by atoms with E-state index in [0.29, 0.717) is 11.4 Å². The van der Waals surface area contributed by atoms with Gasteiger partial charge in [0, 0.05) is 40.6 Å². The third kappa shape index (κ3) is 2.14. The number of nitrogens with one attached hydrogen (secondary N) is 1. The van der Waals surface area contributed by atoms with Crippen molar-refractivity contribution >= 4 is 27.8 Å². The quantitative estimate of drug-likeness (QED) is 0.696. The number of benzene rings is 2. The lowest BCUT2D eigenvalue weighted by Gasteiger charge is -2.11. The number of halogens is 2. The Morgan fingerprint density at radius 1 is 0.950 bits per heavy atom. The highest BCUT2D eigenvalue weighted by Gasteiger charge is 2.08. The molecule has 5 heteroatoms. The fourth-order valence-electron chi connectivity index (χ4n) is 2.06. The van der Waals surface area contributed by atoms with Crippen molar-refractivity contribution in [1.29, 1.82) is 0 Å². The van der Waals surface area contributed by atoms with E-state index in [1.54, 1.807) is 30.6 Å². The highest BCUT2D eigenvalue weighted by molar-refractivity contribution is 6.01. The number of rotatable bonds is 2. The summed E-state index contributed by atoms with van der Waals surface area (Å²) in [5.74, 6) is -1.26. The van der Waals surface area contributed by atoms with Gasteiger partial charge in [0.1, 0.15) is 11.6 Å². The summed E-state index contributed by atoms with van der Waals surface area (Å²) in [5, 5.41) is 4.55. The first-order chi connectivity index (χ1) is 9.65. The molecule has 0 aliphatic heterocycles. The van der Waals surface area contributed by atoms with Crippen molar-refractivity contribution in [2.24, 2.45) is 0 Å². The van der Waals surface area contributed by atoms with E-state index in [9.17, 15) is 8.78 Å². The summed E-state index contributed by atoms with van der Waals surface area (Å²) in [6, 6.07) is 8.65. The van der Waals surface area contributed by atoms with Crippen molar-refractivity contribution < 1.29 is 8.78 Å². The Hall–Kier alpha value is -2.69. The Kier molecular flexibility index (Phi) is 2.95. The Balaban J connectivity index is 2.09. The van der Waals surface area contributed by atoms with E-state index < -0.39 is 11.6 Å². The van der Waals surface area contributed by atoms with Crippen LogP contribution in [0.25, 0.3) is 10.8 Å². The van der Waals surface area contributed by atoms with Gasteiger partial charge in [-0.1, -0.05) is 0 Å². The molecule has 1 aromatic heterocycles. The Labute approximate surface area is 114 Å². The van der Waals surface area contributed by atoms with Crippen LogP contribution >= 0.6 is 0 Å². The van der Waals surface area contributed by atoms with Gasteiger partial charge in [0.2, 0.25) is 0 Å². The summed E-state index contributed by atoms with van der Waals surface area (Å²) in [6.07, 6.45) is 3.28. The van der Waals surface area contributed by atoms with E-state index >= 15 is 0 Å². The molecule has 0 bridgehead atoms. The molecule has 0 radical (unpaired) electrons. The average molecular weight is 271 g/mol. The second kappa shape index (κ2) is 4.77. The fourth-order valence-corrected chi connectivity index (χ4v) is 2.06. The van der Waals surface area contributed by atoms with Crippen molar-refractivity contribution in [2.75, 3.05) is 11.1 Å². The zero-order chi connectivity index (χ0) is 14.1. The largest absolute Gasteiger partial charge is 0.398 e. The van der Waals surface area contributed by atoms with Gasteiger partial charge in [-0.05, 0) is 30.3 Å². The van der Waals surface area contributed by atoms with Crippen molar-refractivity contribution in [3.63, 3.8) is 0 Å². The fraction of sp³-hybridized carbons (Fsp3) is 0. The Bertz CT molecular complexity index is 787. The molecule has 0 atom stereocenters. The molecule has 3 N–H and O–H groups in total. The lowest BCUT2D eigenvalue weighted by molar-refractivity contribution is 0.586. The molecule has 2 aromatic carbocycles. The topological polar surface area (TPSA) is 50.9 Å². The summed E-state index contributed by atoms with van der Waals surface area (Å²) in [5.41, 5.74) is 7.36. The van der Waals surface area contributed by atoms with Gasteiger partial charge in [0.15, 0.2) is 0 Å². The van der Waals surface area contributed by atoms with Crippen LogP contribution in [0.15, 0.2) is 48.8 Å². The van der Waals surface area contributed by atoms with E-state index in [2.05, 4.69) is 10.3 Å². The minimum atomic E-state index is -0.649. The molecule has 1 heterocycles. The predicted octanol–water partition coefficient (Wildman–Crippen LogP) is 3.84. The molecule has 0 saturated heterocycles. The maximum absolute atomic E-state index is 13.7. The smallest absolute Gasteiger partial charge is 0.149 e. The van der Waals surface area contributed by atoms with Gasteiger partial charge in [-0.3, -0.25) is 4.98 Å². The molecule has 0 aliphatic carbocycles. The van der Waals surface area contributed by atoms with Gasteiger partial charge in [-0.15, -0.1) is 0 Å². The van der Waals surface area contributed by atoms with Crippen molar-refractivity contribution in [3.05, 3.63) is 60.4 Å². The molecule has 100 valence electrons. The minimum absolute atomic E-state index is 0.203. The molecule has 0 saturated carbocycles. The number of hydrogen-bond acceptors (Lipinski definition) is 3. The average Bonchev–Trinajstić information content (AvgIpc) is 2.45. The normalized spacial score (nSPS) is 10.7. The van der Waals surface area contributed by atoms with E-state index in [1.807, 2.05) is 0 Å². The first-order valence-corrected chi connectivity index (χ1v) is 5.99. The lowest BCUT2D eigenvalue weighted by Crippen LogP contribution is -1.97. The number of hydrogen-bond donors (Lipinski definition) is 2. The van der Waals surface area contributed by atoms with E-state index in [4.69, 9.17) is 5.73 Å². The van der Waals surface area contributed by atoms with Crippen LogP contribution in [0.3, 0.4) is 0 Å². The van der Waals surface area contributed by atoms with E-state index in [0.717, 1.165) is 16.8 Å². The first kappa shape index (κ1) is 12.3. The van der Waals surface area contributed by atoms with Crippen molar-refractivity contribution in [1.82, 2.24) is 4.98 Å². The standard InChI is InChI=1S/C15H11F2N3/c16-9-1-3-15(12(17)7-9)20-14-4-2-13(18)11-8-19-6-5-10(11)14/h1-8,20H,18H2. The number of fused-ring (bicyclic) bond motifs is 1. The van der Waals surface area contributed by atoms with Gasteiger partial charge in [0.25, 0.3) is 0 Å². The first-order valence-electron chi connectivity index (χ1n) is 5.99. The molecule has 0 aliphatic rings. The number of nitrogen functional groups attached to an aromatic ring is 1. The monoisotopic (exact) mass is 271 g/mol. The molecule has 20 heavy (non-hydrogen) atoms. The summed E-state index contributed by atoms with van der Waals surface area (Å²) in [6.45, 7) is 0. The van der Waals surface area contributed by atoms with Gasteiger partial charge < -0.3 is 11.1 Å².